The van der Waals surface area contributed by atoms with Crippen LogP contribution in [0.4, 0.5) is 8.78 Å². The molecule has 0 saturated heterocycles. The molecule has 1 aromatic heterocycles. The van der Waals surface area contributed by atoms with Gasteiger partial charge in [-0.05, 0) is 12.5 Å². The number of halogens is 2. The molecule has 0 fully saturated rings. The number of hydrogen-bond donors (Lipinski definition) is 0. The van der Waals surface area contributed by atoms with Gasteiger partial charge in [-0.3, -0.25) is 0 Å². The minimum atomic E-state index is -1.65. The van der Waals surface area contributed by atoms with Crippen LogP contribution in [0.1, 0.15) is 6.42 Å². The minimum Gasteiger partial charge on any atom is -0.431 e. The van der Waals surface area contributed by atoms with Gasteiger partial charge in [0, 0.05) is 11.3 Å². The first-order chi connectivity index (χ1) is 8.75. The smallest absolute Gasteiger partial charge is 0.266 e. The summed E-state index contributed by atoms with van der Waals surface area (Å²) in [4.78, 5) is 4.10. The highest BCUT2D eigenvalue weighted by molar-refractivity contribution is 7.99. The lowest BCUT2D eigenvalue weighted by Gasteiger charge is -1.94. The minimum absolute atomic E-state index is 0.302. The average molecular weight is 267 g/mol. The molecule has 1 aromatic carbocycles. The summed E-state index contributed by atoms with van der Waals surface area (Å²) in [5.41, 5.74) is 0.951. The standard InChI is InChI=1S/C13H11F2NOS/c14-12(15)7-4-8-18-13-16-9-11(17-13)10-5-2-1-3-6-10/h1-3,5-7,9H,4,8H2. The summed E-state index contributed by atoms with van der Waals surface area (Å²) in [5.74, 6) is 1.21. The van der Waals surface area contributed by atoms with Crippen LogP contribution < -0.4 is 0 Å². The predicted octanol–water partition coefficient (Wildman–Crippen LogP) is 4.60. The molecule has 18 heavy (non-hydrogen) atoms. The molecular formula is C13H11F2NOS. The van der Waals surface area contributed by atoms with Crippen molar-refractivity contribution in [2.75, 3.05) is 5.75 Å². The number of oxazole rings is 1. The average Bonchev–Trinajstić information content (AvgIpc) is 2.84. The number of hydrogen-bond acceptors (Lipinski definition) is 3. The first-order valence-corrected chi connectivity index (χ1v) is 6.39. The van der Waals surface area contributed by atoms with Gasteiger partial charge in [0.25, 0.3) is 11.3 Å². The fourth-order valence-corrected chi connectivity index (χ4v) is 2.06. The molecule has 2 rings (SSSR count). The van der Waals surface area contributed by atoms with Crippen molar-refractivity contribution in [1.29, 1.82) is 0 Å². The Kier molecular flexibility index (Phi) is 4.52. The van der Waals surface area contributed by atoms with Crippen LogP contribution in [-0.4, -0.2) is 10.7 Å². The van der Waals surface area contributed by atoms with Crippen LogP contribution in [0.25, 0.3) is 11.3 Å². The molecular weight excluding hydrogens is 256 g/mol. The van der Waals surface area contributed by atoms with Crippen LogP contribution in [0.5, 0.6) is 0 Å². The predicted molar refractivity (Wildman–Crippen MR) is 67.6 cm³/mol. The molecule has 0 saturated carbocycles. The van der Waals surface area contributed by atoms with Gasteiger partial charge in [-0.25, -0.2) is 4.98 Å². The van der Waals surface area contributed by atoms with Gasteiger partial charge in [0.15, 0.2) is 5.76 Å². The van der Waals surface area contributed by atoms with E-state index in [2.05, 4.69) is 4.98 Å². The van der Waals surface area contributed by atoms with Crippen molar-refractivity contribution in [3.8, 4) is 11.3 Å². The van der Waals surface area contributed by atoms with Crippen LogP contribution in [0.2, 0.25) is 0 Å². The molecule has 0 aliphatic heterocycles. The second-order valence-electron chi connectivity index (χ2n) is 3.49. The quantitative estimate of drug-likeness (QED) is 0.584. The Bertz CT molecular complexity index is 521. The fraction of sp³-hybridized carbons (Fsp3) is 0.154. The molecule has 0 N–H and O–H groups in total. The van der Waals surface area contributed by atoms with E-state index in [0.29, 0.717) is 23.2 Å². The van der Waals surface area contributed by atoms with Gasteiger partial charge in [-0.15, -0.1) is 0 Å². The van der Waals surface area contributed by atoms with Crippen molar-refractivity contribution in [3.05, 3.63) is 48.7 Å². The Hall–Kier alpha value is -1.62. The molecule has 0 radical (unpaired) electrons. The number of nitrogens with zero attached hydrogens (tertiary/aromatic N) is 1. The van der Waals surface area contributed by atoms with Crippen LogP contribution in [0, 0.1) is 0 Å². The number of thioether (sulfide) groups is 1. The maximum Gasteiger partial charge on any atom is 0.266 e. The summed E-state index contributed by atoms with van der Waals surface area (Å²) in [6.07, 6.45) is 1.20. The van der Waals surface area contributed by atoms with E-state index in [1.54, 1.807) is 6.20 Å². The summed E-state index contributed by atoms with van der Waals surface area (Å²) in [5, 5.41) is 0.501. The lowest BCUT2D eigenvalue weighted by atomic mass is 10.2. The zero-order valence-corrected chi connectivity index (χ0v) is 10.3. The summed E-state index contributed by atoms with van der Waals surface area (Å²) in [6, 6.07) is 9.61. The van der Waals surface area contributed by atoms with Gasteiger partial charge >= 0.3 is 0 Å². The zero-order chi connectivity index (χ0) is 12.8. The molecule has 2 aromatic rings. The summed E-state index contributed by atoms with van der Waals surface area (Å²) >= 11 is 1.32. The van der Waals surface area contributed by atoms with Crippen LogP contribution in [0.15, 0.2) is 58.3 Å². The highest BCUT2D eigenvalue weighted by atomic mass is 32.2. The Morgan fingerprint density at radius 3 is 2.78 bits per heavy atom. The molecule has 2 nitrogen and oxygen atoms in total. The molecule has 0 spiro atoms. The van der Waals surface area contributed by atoms with Gasteiger partial charge in [0.1, 0.15) is 0 Å². The molecule has 0 aliphatic rings. The van der Waals surface area contributed by atoms with E-state index in [4.69, 9.17) is 4.42 Å². The largest absolute Gasteiger partial charge is 0.431 e. The van der Waals surface area contributed by atoms with E-state index in [-0.39, 0.29) is 0 Å². The van der Waals surface area contributed by atoms with Gasteiger partial charge < -0.3 is 4.42 Å². The number of allylic oxidation sites excluding steroid dienone is 1. The summed E-state index contributed by atoms with van der Waals surface area (Å²) in [6.45, 7) is 0. The molecule has 0 atom stereocenters. The third-order valence-electron chi connectivity index (χ3n) is 2.18. The maximum atomic E-state index is 11.8. The number of aromatic nitrogens is 1. The lowest BCUT2D eigenvalue weighted by molar-refractivity contribution is 0.418. The van der Waals surface area contributed by atoms with Crippen molar-refractivity contribution in [2.45, 2.75) is 11.6 Å². The van der Waals surface area contributed by atoms with Crippen molar-refractivity contribution >= 4 is 11.8 Å². The highest BCUT2D eigenvalue weighted by Gasteiger charge is 2.05. The van der Waals surface area contributed by atoms with E-state index in [1.165, 1.54) is 11.8 Å². The second kappa shape index (κ2) is 6.35. The normalized spacial score (nSPS) is 10.3. The van der Waals surface area contributed by atoms with Crippen LogP contribution in [0.3, 0.4) is 0 Å². The summed E-state index contributed by atoms with van der Waals surface area (Å²) in [7, 11) is 0. The van der Waals surface area contributed by atoms with Crippen molar-refractivity contribution in [3.63, 3.8) is 0 Å². The van der Waals surface area contributed by atoms with Gasteiger partial charge in [-0.1, -0.05) is 42.1 Å². The van der Waals surface area contributed by atoms with Crippen LogP contribution in [-0.2, 0) is 0 Å². The number of benzene rings is 1. The van der Waals surface area contributed by atoms with E-state index in [1.807, 2.05) is 30.3 Å². The topological polar surface area (TPSA) is 26.0 Å². The van der Waals surface area contributed by atoms with E-state index < -0.39 is 6.08 Å². The van der Waals surface area contributed by atoms with Crippen molar-refractivity contribution in [2.24, 2.45) is 0 Å². The van der Waals surface area contributed by atoms with Gasteiger partial charge in [0.05, 0.1) is 6.20 Å². The van der Waals surface area contributed by atoms with Crippen molar-refractivity contribution < 1.29 is 13.2 Å². The summed E-state index contributed by atoms with van der Waals surface area (Å²) < 4.78 is 29.1. The van der Waals surface area contributed by atoms with E-state index >= 15 is 0 Å². The molecule has 0 amide bonds. The molecule has 5 heteroatoms. The lowest BCUT2D eigenvalue weighted by Crippen LogP contribution is -1.76. The SMILES string of the molecule is FC(F)=CCCSc1ncc(-c2ccccc2)o1. The van der Waals surface area contributed by atoms with Crippen LogP contribution >= 0.6 is 11.8 Å². The molecule has 0 unspecified atom stereocenters. The molecule has 0 bridgehead atoms. The Morgan fingerprint density at radius 1 is 1.28 bits per heavy atom. The highest BCUT2D eigenvalue weighted by Crippen LogP contribution is 2.25. The zero-order valence-electron chi connectivity index (χ0n) is 9.48. The molecule has 94 valence electrons. The van der Waals surface area contributed by atoms with Gasteiger partial charge in [0.2, 0.25) is 0 Å². The monoisotopic (exact) mass is 267 g/mol. The molecule has 0 aliphatic carbocycles. The Labute approximate surface area is 108 Å². The van der Waals surface area contributed by atoms with E-state index in [0.717, 1.165) is 11.6 Å². The van der Waals surface area contributed by atoms with Gasteiger partial charge in [-0.2, -0.15) is 8.78 Å². The Morgan fingerprint density at radius 2 is 2.06 bits per heavy atom. The first kappa shape index (κ1) is 12.8. The first-order valence-electron chi connectivity index (χ1n) is 5.41. The fourth-order valence-electron chi connectivity index (χ4n) is 1.37. The third kappa shape index (κ3) is 3.70. The second-order valence-corrected chi connectivity index (χ2v) is 4.53. The van der Waals surface area contributed by atoms with Crippen molar-refractivity contribution in [1.82, 2.24) is 4.98 Å². The maximum absolute atomic E-state index is 11.8. The van der Waals surface area contributed by atoms with E-state index in [9.17, 15) is 8.78 Å². The molecule has 1 heterocycles. The number of rotatable bonds is 5. The third-order valence-corrected chi connectivity index (χ3v) is 3.06. The Balaban J connectivity index is 1.93.